The van der Waals surface area contributed by atoms with Crippen LogP contribution in [0.3, 0.4) is 0 Å². The SMILES string of the molecule is CN1CC[NH+](C)C[C@H]1CC[NH+]1CC[C@H](c2ccc(F)cc2)C1. The van der Waals surface area contributed by atoms with Crippen molar-refractivity contribution >= 4 is 0 Å². The number of nitrogens with one attached hydrogen (secondary N) is 2. The minimum Gasteiger partial charge on any atom is -0.335 e. The maximum atomic E-state index is 13.0. The Hall–Kier alpha value is -0.970. The maximum absolute atomic E-state index is 13.0. The van der Waals surface area contributed by atoms with Crippen LogP contribution in [0.4, 0.5) is 4.39 Å². The van der Waals surface area contributed by atoms with Gasteiger partial charge in [0.2, 0.25) is 0 Å². The highest BCUT2D eigenvalue weighted by Gasteiger charge is 2.30. The van der Waals surface area contributed by atoms with Gasteiger partial charge in [-0.05, 0) is 24.7 Å². The van der Waals surface area contributed by atoms with Crippen molar-refractivity contribution < 1.29 is 14.2 Å². The Bertz CT molecular complexity index is 476. The number of hydrogen-bond acceptors (Lipinski definition) is 1. The van der Waals surface area contributed by atoms with Crippen molar-refractivity contribution in [2.75, 3.05) is 53.4 Å². The van der Waals surface area contributed by atoms with Crippen LogP contribution in [-0.4, -0.2) is 64.3 Å². The van der Waals surface area contributed by atoms with Crippen molar-refractivity contribution in [1.82, 2.24) is 4.90 Å². The molecule has 22 heavy (non-hydrogen) atoms. The third-order valence-corrected chi connectivity index (χ3v) is 5.65. The van der Waals surface area contributed by atoms with Crippen LogP contribution in [0.1, 0.15) is 24.3 Å². The van der Waals surface area contributed by atoms with Crippen molar-refractivity contribution in [3.8, 4) is 0 Å². The Morgan fingerprint density at radius 3 is 2.73 bits per heavy atom. The van der Waals surface area contributed by atoms with Gasteiger partial charge in [0.25, 0.3) is 0 Å². The van der Waals surface area contributed by atoms with Gasteiger partial charge in [-0.3, -0.25) is 4.90 Å². The van der Waals surface area contributed by atoms with Crippen LogP contribution < -0.4 is 9.80 Å². The van der Waals surface area contributed by atoms with Crippen LogP contribution in [0.25, 0.3) is 0 Å². The van der Waals surface area contributed by atoms with Crippen molar-refractivity contribution in [2.24, 2.45) is 0 Å². The van der Waals surface area contributed by atoms with Gasteiger partial charge in [-0.25, -0.2) is 4.39 Å². The Kier molecular flexibility index (Phi) is 5.11. The van der Waals surface area contributed by atoms with Gasteiger partial charge in [0, 0.05) is 25.3 Å². The molecule has 0 bridgehead atoms. The number of nitrogens with zero attached hydrogens (tertiary/aromatic N) is 1. The van der Waals surface area contributed by atoms with Crippen LogP contribution in [0.2, 0.25) is 0 Å². The highest BCUT2D eigenvalue weighted by molar-refractivity contribution is 5.20. The molecule has 2 aliphatic rings. The van der Waals surface area contributed by atoms with E-state index in [4.69, 9.17) is 0 Å². The molecule has 0 saturated carbocycles. The van der Waals surface area contributed by atoms with Gasteiger partial charge < -0.3 is 9.80 Å². The molecule has 0 amide bonds. The van der Waals surface area contributed by atoms with E-state index >= 15 is 0 Å². The first-order valence-electron chi connectivity index (χ1n) is 8.72. The molecule has 3 nitrogen and oxygen atoms in total. The molecule has 3 rings (SSSR count). The molecule has 2 N–H and O–H groups in total. The molecule has 1 aromatic carbocycles. The quantitative estimate of drug-likeness (QED) is 0.758. The van der Waals surface area contributed by atoms with Gasteiger partial charge in [-0.2, -0.15) is 0 Å². The number of piperazine rings is 1. The fourth-order valence-electron chi connectivity index (χ4n) is 4.08. The molecule has 2 saturated heterocycles. The molecule has 2 heterocycles. The molecule has 122 valence electrons. The van der Waals surface area contributed by atoms with E-state index in [1.807, 2.05) is 12.1 Å². The first-order chi connectivity index (χ1) is 10.6. The Labute approximate surface area is 133 Å². The average molecular weight is 307 g/mol. The predicted molar refractivity (Wildman–Crippen MR) is 87.0 cm³/mol. The zero-order valence-electron chi connectivity index (χ0n) is 13.9. The van der Waals surface area contributed by atoms with Crippen LogP contribution in [0.15, 0.2) is 24.3 Å². The fourth-order valence-corrected chi connectivity index (χ4v) is 4.08. The first-order valence-corrected chi connectivity index (χ1v) is 8.72. The second-order valence-corrected chi connectivity index (χ2v) is 7.33. The van der Waals surface area contributed by atoms with Gasteiger partial charge >= 0.3 is 0 Å². The molecular formula is C18H30FN3+2. The lowest BCUT2D eigenvalue weighted by atomic mass is 9.99. The predicted octanol–water partition coefficient (Wildman–Crippen LogP) is -0.583. The third-order valence-electron chi connectivity index (χ3n) is 5.65. The highest BCUT2D eigenvalue weighted by Crippen LogP contribution is 2.20. The van der Waals surface area contributed by atoms with Gasteiger partial charge in [0.05, 0.1) is 45.8 Å². The summed E-state index contributed by atoms with van der Waals surface area (Å²) in [6, 6.07) is 7.88. The summed E-state index contributed by atoms with van der Waals surface area (Å²) in [5.74, 6) is 0.492. The fraction of sp³-hybridized carbons (Fsp3) is 0.667. The second-order valence-electron chi connectivity index (χ2n) is 7.33. The molecule has 4 atom stereocenters. The normalized spacial score (nSPS) is 33.2. The number of hydrogen-bond donors (Lipinski definition) is 2. The van der Waals surface area contributed by atoms with E-state index < -0.39 is 0 Å². The van der Waals surface area contributed by atoms with E-state index in [1.54, 1.807) is 21.9 Å². The van der Waals surface area contributed by atoms with E-state index in [-0.39, 0.29) is 5.82 Å². The third kappa shape index (κ3) is 3.86. The Morgan fingerprint density at radius 2 is 1.95 bits per heavy atom. The van der Waals surface area contributed by atoms with Crippen LogP contribution in [0.5, 0.6) is 0 Å². The minimum absolute atomic E-state index is 0.127. The smallest absolute Gasteiger partial charge is 0.123 e. The summed E-state index contributed by atoms with van der Waals surface area (Å²) in [6.07, 6.45) is 2.55. The van der Waals surface area contributed by atoms with Crippen LogP contribution >= 0.6 is 0 Å². The maximum Gasteiger partial charge on any atom is 0.123 e. The summed E-state index contributed by atoms with van der Waals surface area (Å²) < 4.78 is 13.0. The second kappa shape index (κ2) is 7.07. The summed E-state index contributed by atoms with van der Waals surface area (Å²) in [7, 11) is 4.59. The number of likely N-dealkylation sites (N-methyl/N-ethyl adjacent to an activating group) is 2. The van der Waals surface area contributed by atoms with Gasteiger partial charge in [-0.1, -0.05) is 12.1 Å². The summed E-state index contributed by atoms with van der Waals surface area (Å²) >= 11 is 0. The molecule has 0 aliphatic carbocycles. The Morgan fingerprint density at radius 1 is 1.18 bits per heavy atom. The van der Waals surface area contributed by atoms with Crippen LogP contribution in [0, 0.1) is 5.82 Å². The molecule has 0 spiro atoms. The summed E-state index contributed by atoms with van der Waals surface area (Å²) in [4.78, 5) is 5.94. The van der Waals surface area contributed by atoms with E-state index in [1.165, 1.54) is 57.7 Å². The van der Waals surface area contributed by atoms with E-state index in [0.717, 1.165) is 6.04 Å². The van der Waals surface area contributed by atoms with Crippen molar-refractivity contribution in [3.05, 3.63) is 35.6 Å². The lowest BCUT2D eigenvalue weighted by molar-refractivity contribution is -0.896. The standard InChI is InChI=1S/C18H28FN3/c1-20-11-12-21(2)18(14-20)8-10-22-9-7-16(13-22)15-3-5-17(19)6-4-15/h3-6,16,18H,7-14H2,1-2H3/p+2/t16-,18+/m0/s1. The molecule has 2 fully saturated rings. The Balaban J connectivity index is 1.47. The molecular weight excluding hydrogens is 277 g/mol. The molecule has 0 radical (unpaired) electrons. The van der Waals surface area contributed by atoms with Crippen molar-refractivity contribution in [1.29, 1.82) is 0 Å². The van der Waals surface area contributed by atoms with Gasteiger partial charge in [0.15, 0.2) is 0 Å². The summed E-state index contributed by atoms with van der Waals surface area (Å²) in [5.41, 5.74) is 1.32. The van der Waals surface area contributed by atoms with E-state index in [9.17, 15) is 4.39 Å². The van der Waals surface area contributed by atoms with Crippen LogP contribution in [-0.2, 0) is 0 Å². The largest absolute Gasteiger partial charge is 0.335 e. The van der Waals surface area contributed by atoms with Crippen molar-refractivity contribution in [3.63, 3.8) is 0 Å². The minimum atomic E-state index is -0.127. The highest BCUT2D eigenvalue weighted by atomic mass is 19.1. The van der Waals surface area contributed by atoms with Crippen molar-refractivity contribution in [2.45, 2.75) is 24.8 Å². The molecule has 2 unspecified atom stereocenters. The van der Waals surface area contributed by atoms with E-state index in [2.05, 4.69) is 19.0 Å². The monoisotopic (exact) mass is 307 g/mol. The number of likely N-dealkylation sites (tertiary alicyclic amines) is 1. The van der Waals surface area contributed by atoms with E-state index in [0.29, 0.717) is 5.92 Å². The van der Waals surface area contributed by atoms with Gasteiger partial charge in [-0.15, -0.1) is 0 Å². The lowest BCUT2D eigenvalue weighted by Gasteiger charge is -2.35. The number of quaternary nitrogens is 2. The zero-order chi connectivity index (χ0) is 15.5. The average Bonchev–Trinajstić information content (AvgIpc) is 2.98. The number of halogens is 1. The summed E-state index contributed by atoms with van der Waals surface area (Å²) in [6.45, 7) is 7.54. The molecule has 4 heteroatoms. The zero-order valence-corrected chi connectivity index (χ0v) is 13.9. The number of benzene rings is 1. The topological polar surface area (TPSA) is 12.1 Å². The van der Waals surface area contributed by atoms with Gasteiger partial charge in [0.1, 0.15) is 5.82 Å². The number of rotatable bonds is 4. The molecule has 0 aromatic heterocycles. The lowest BCUT2D eigenvalue weighted by Crippen LogP contribution is -3.13. The molecule has 1 aromatic rings. The molecule has 2 aliphatic heterocycles. The summed E-state index contributed by atoms with van der Waals surface area (Å²) in [5, 5.41) is 0. The first kappa shape index (κ1) is 15.9.